The predicted octanol–water partition coefficient (Wildman–Crippen LogP) is 4.62. The third-order valence-electron chi connectivity index (χ3n) is 2.66. The van der Waals surface area contributed by atoms with Crippen molar-refractivity contribution >= 4 is 27.3 Å². The van der Waals surface area contributed by atoms with Crippen LogP contribution in [0, 0.1) is 0 Å². The number of halogens is 4. The van der Waals surface area contributed by atoms with Crippen molar-refractivity contribution in [3.05, 3.63) is 50.4 Å². The van der Waals surface area contributed by atoms with E-state index in [0.29, 0.717) is 22.8 Å². The lowest BCUT2D eigenvalue weighted by atomic mass is 10.1. The van der Waals surface area contributed by atoms with E-state index in [1.807, 2.05) is 31.2 Å². The molecule has 2 aromatic rings. The van der Waals surface area contributed by atoms with E-state index in [0.717, 1.165) is 10.0 Å². The number of thiazole rings is 1. The molecule has 0 radical (unpaired) electrons. The van der Waals surface area contributed by atoms with Crippen LogP contribution in [-0.4, -0.2) is 11.5 Å². The van der Waals surface area contributed by atoms with Crippen molar-refractivity contribution in [2.45, 2.75) is 19.1 Å². The monoisotopic (exact) mass is 364 g/mol. The van der Waals surface area contributed by atoms with E-state index >= 15 is 0 Å². The Morgan fingerprint density at radius 1 is 1.30 bits per heavy atom. The summed E-state index contributed by atoms with van der Waals surface area (Å²) in [5, 5.41) is 2.37. The zero-order chi connectivity index (χ0) is 14.8. The van der Waals surface area contributed by atoms with Gasteiger partial charge in [-0.05, 0) is 24.2 Å². The number of aromatic nitrogens is 1. The second-order valence-electron chi connectivity index (χ2n) is 4.11. The van der Waals surface area contributed by atoms with Gasteiger partial charge in [0.25, 0.3) is 0 Å². The minimum atomic E-state index is -4.39. The topological polar surface area (TPSA) is 24.9 Å². The van der Waals surface area contributed by atoms with Crippen molar-refractivity contribution in [2.75, 3.05) is 6.54 Å². The summed E-state index contributed by atoms with van der Waals surface area (Å²) in [6.45, 7) is 2.57. The summed E-state index contributed by atoms with van der Waals surface area (Å²) in [7, 11) is 0. The molecule has 0 spiro atoms. The molecule has 20 heavy (non-hydrogen) atoms. The molecular formula is C13H12BrF3N2S. The summed E-state index contributed by atoms with van der Waals surface area (Å²) in [6, 6.07) is 7.22. The van der Waals surface area contributed by atoms with Crippen LogP contribution in [0.2, 0.25) is 0 Å². The Labute approximate surface area is 127 Å². The highest BCUT2D eigenvalue weighted by atomic mass is 79.9. The molecular weight excluding hydrogens is 353 g/mol. The minimum Gasteiger partial charge on any atom is -0.306 e. The van der Waals surface area contributed by atoms with Crippen LogP contribution in [0.1, 0.15) is 28.4 Å². The van der Waals surface area contributed by atoms with Crippen molar-refractivity contribution in [1.82, 2.24) is 10.3 Å². The number of hydrogen-bond acceptors (Lipinski definition) is 3. The fraction of sp³-hybridized carbons (Fsp3) is 0.308. The highest BCUT2D eigenvalue weighted by molar-refractivity contribution is 9.10. The maximum Gasteiger partial charge on any atom is 0.443 e. The number of benzene rings is 1. The highest BCUT2D eigenvalue weighted by Crippen LogP contribution is 2.36. The first-order valence-electron chi connectivity index (χ1n) is 5.93. The molecule has 0 aliphatic heterocycles. The van der Waals surface area contributed by atoms with Crippen LogP contribution >= 0.6 is 27.3 Å². The van der Waals surface area contributed by atoms with Crippen LogP contribution in [0.5, 0.6) is 0 Å². The Kier molecular flexibility index (Phi) is 4.82. The molecule has 2 nitrogen and oxygen atoms in total. The molecule has 1 N–H and O–H groups in total. The molecule has 7 heteroatoms. The summed E-state index contributed by atoms with van der Waals surface area (Å²) >= 11 is 4.02. The van der Waals surface area contributed by atoms with Gasteiger partial charge in [-0.2, -0.15) is 13.2 Å². The minimum absolute atomic E-state index is 0.276. The fourth-order valence-electron chi connectivity index (χ4n) is 1.79. The summed E-state index contributed by atoms with van der Waals surface area (Å²) in [5.41, 5.74) is 0.910. The first-order valence-corrected chi connectivity index (χ1v) is 7.54. The third-order valence-corrected chi connectivity index (χ3v) is 4.30. The average Bonchev–Trinajstić information content (AvgIpc) is 2.86. The molecule has 2 rings (SSSR count). The number of nitrogens with zero attached hydrogens (tertiary/aromatic N) is 1. The Hall–Kier alpha value is -0.920. The van der Waals surface area contributed by atoms with Gasteiger partial charge in [-0.1, -0.05) is 35.0 Å². The molecule has 1 aromatic carbocycles. The van der Waals surface area contributed by atoms with Gasteiger partial charge in [-0.3, -0.25) is 0 Å². The van der Waals surface area contributed by atoms with Crippen molar-refractivity contribution in [2.24, 2.45) is 0 Å². The molecule has 0 fully saturated rings. The number of hydrogen-bond donors (Lipinski definition) is 1. The molecule has 0 bridgehead atoms. The second-order valence-corrected chi connectivity index (χ2v) is 6.09. The smallest absolute Gasteiger partial charge is 0.306 e. The Morgan fingerprint density at radius 3 is 2.45 bits per heavy atom. The van der Waals surface area contributed by atoms with Crippen LogP contribution in [0.25, 0.3) is 0 Å². The van der Waals surface area contributed by atoms with E-state index in [1.165, 1.54) is 6.20 Å². The highest BCUT2D eigenvalue weighted by Gasteiger charge is 2.35. The SMILES string of the molecule is CCNC(c1ccc(Br)cc1)c1cnc(C(F)(F)F)s1. The molecule has 0 saturated carbocycles. The Bertz CT molecular complexity index is 566. The van der Waals surface area contributed by atoms with E-state index in [2.05, 4.69) is 26.2 Å². The van der Waals surface area contributed by atoms with Gasteiger partial charge in [0, 0.05) is 15.5 Å². The van der Waals surface area contributed by atoms with Crippen molar-refractivity contribution < 1.29 is 13.2 Å². The standard InChI is InChI=1S/C13H12BrF3N2S/c1-2-18-11(8-3-5-9(14)6-4-8)10-7-19-12(20-10)13(15,16)17/h3-7,11,18H,2H2,1H3. The van der Waals surface area contributed by atoms with Crippen LogP contribution < -0.4 is 5.32 Å². The lowest BCUT2D eigenvalue weighted by molar-refractivity contribution is -0.137. The summed E-state index contributed by atoms with van der Waals surface area (Å²) in [6.07, 6.45) is -3.09. The molecule has 0 amide bonds. The second kappa shape index (κ2) is 6.24. The van der Waals surface area contributed by atoms with Crippen molar-refractivity contribution in [1.29, 1.82) is 0 Å². The van der Waals surface area contributed by atoms with E-state index < -0.39 is 11.2 Å². The first kappa shape index (κ1) is 15.5. The molecule has 1 aromatic heterocycles. The van der Waals surface area contributed by atoms with E-state index in [9.17, 15) is 13.2 Å². The lowest BCUT2D eigenvalue weighted by Gasteiger charge is -2.16. The van der Waals surface area contributed by atoms with Gasteiger partial charge in [0.05, 0.1) is 6.04 Å². The van der Waals surface area contributed by atoms with E-state index in [4.69, 9.17) is 0 Å². The summed E-state index contributed by atoms with van der Waals surface area (Å²) in [4.78, 5) is 4.03. The van der Waals surface area contributed by atoms with Crippen molar-refractivity contribution in [3.8, 4) is 0 Å². The maximum absolute atomic E-state index is 12.6. The van der Waals surface area contributed by atoms with Crippen LogP contribution in [0.4, 0.5) is 13.2 Å². The van der Waals surface area contributed by atoms with Crippen LogP contribution in [-0.2, 0) is 6.18 Å². The molecule has 1 unspecified atom stereocenters. The Balaban J connectivity index is 2.33. The molecule has 0 aliphatic carbocycles. The molecule has 1 heterocycles. The number of alkyl halides is 3. The molecule has 0 saturated heterocycles. The predicted molar refractivity (Wildman–Crippen MR) is 76.8 cm³/mol. The van der Waals surface area contributed by atoms with Crippen molar-refractivity contribution in [3.63, 3.8) is 0 Å². The number of rotatable bonds is 4. The molecule has 0 aliphatic rings. The molecule has 1 atom stereocenters. The lowest BCUT2D eigenvalue weighted by Crippen LogP contribution is -2.21. The average molecular weight is 365 g/mol. The van der Waals surface area contributed by atoms with Crippen LogP contribution in [0.15, 0.2) is 34.9 Å². The zero-order valence-corrected chi connectivity index (χ0v) is 12.9. The largest absolute Gasteiger partial charge is 0.443 e. The maximum atomic E-state index is 12.6. The summed E-state index contributed by atoms with van der Waals surface area (Å²) in [5.74, 6) is 0. The Morgan fingerprint density at radius 2 is 1.95 bits per heavy atom. The van der Waals surface area contributed by atoms with Crippen LogP contribution in [0.3, 0.4) is 0 Å². The number of nitrogens with one attached hydrogen (secondary N) is 1. The quantitative estimate of drug-likeness (QED) is 0.855. The first-order chi connectivity index (χ1) is 9.41. The van der Waals surface area contributed by atoms with Gasteiger partial charge >= 0.3 is 6.18 Å². The zero-order valence-electron chi connectivity index (χ0n) is 10.5. The van der Waals surface area contributed by atoms with Gasteiger partial charge < -0.3 is 5.32 Å². The van der Waals surface area contributed by atoms with Gasteiger partial charge in [0.1, 0.15) is 0 Å². The third kappa shape index (κ3) is 3.59. The summed E-state index contributed by atoms with van der Waals surface area (Å²) < 4.78 is 38.8. The van der Waals surface area contributed by atoms with Gasteiger partial charge in [0.15, 0.2) is 5.01 Å². The molecule has 108 valence electrons. The van der Waals surface area contributed by atoms with Gasteiger partial charge in [0.2, 0.25) is 0 Å². The van der Waals surface area contributed by atoms with Gasteiger partial charge in [-0.25, -0.2) is 4.98 Å². The van der Waals surface area contributed by atoms with E-state index in [1.54, 1.807) is 0 Å². The van der Waals surface area contributed by atoms with Gasteiger partial charge in [-0.15, -0.1) is 11.3 Å². The van der Waals surface area contributed by atoms with E-state index in [-0.39, 0.29) is 6.04 Å². The normalized spacial score (nSPS) is 13.4. The fourth-order valence-corrected chi connectivity index (χ4v) is 2.94.